The summed E-state index contributed by atoms with van der Waals surface area (Å²) in [5.74, 6) is 1.04. The van der Waals surface area contributed by atoms with E-state index in [1.807, 2.05) is 6.08 Å². The maximum absolute atomic E-state index is 13.4. The molecule has 3 fully saturated rings. The zero-order valence-electron chi connectivity index (χ0n) is 16.1. The van der Waals surface area contributed by atoms with Crippen LogP contribution in [0, 0.1) is 34.5 Å². The average Bonchev–Trinajstić information content (AvgIpc) is 3.06. The van der Waals surface area contributed by atoms with Gasteiger partial charge in [-0.3, -0.25) is 4.79 Å². The summed E-state index contributed by atoms with van der Waals surface area (Å²) in [7, 11) is 0. The predicted molar refractivity (Wildman–Crippen MR) is 95.5 cm³/mol. The standard InChI is InChI=1S/C21H34O3/c1-7-8-19(5)9-10-20(6)16(14(2)3)13-21(23-11-12-24-21)17(20)15(4)18(19)22/h7,14-17H,1,8-13H2,2-6H3/t15?,16-,17+,19?,20-/m1/s1. The van der Waals surface area contributed by atoms with Crippen LogP contribution in [0.1, 0.15) is 60.3 Å². The van der Waals surface area contributed by atoms with Crippen molar-refractivity contribution in [2.45, 2.75) is 66.1 Å². The van der Waals surface area contributed by atoms with Gasteiger partial charge in [0.05, 0.1) is 13.2 Å². The highest BCUT2D eigenvalue weighted by Crippen LogP contribution is 2.65. The molecule has 0 bridgehead atoms. The van der Waals surface area contributed by atoms with Gasteiger partial charge in [0.25, 0.3) is 0 Å². The quantitative estimate of drug-likeness (QED) is 0.707. The van der Waals surface area contributed by atoms with E-state index in [1.54, 1.807) is 0 Å². The zero-order chi connectivity index (χ0) is 17.8. The lowest BCUT2D eigenvalue weighted by molar-refractivity contribution is -0.205. The van der Waals surface area contributed by atoms with Crippen LogP contribution in [-0.2, 0) is 14.3 Å². The topological polar surface area (TPSA) is 35.5 Å². The van der Waals surface area contributed by atoms with Gasteiger partial charge in [-0.25, -0.2) is 0 Å². The Bertz CT molecular complexity index is 519. The molecule has 0 amide bonds. The first-order valence-corrected chi connectivity index (χ1v) is 9.63. The summed E-state index contributed by atoms with van der Waals surface area (Å²) in [6.07, 6.45) is 5.61. The molecular formula is C21H34O3. The largest absolute Gasteiger partial charge is 0.347 e. The van der Waals surface area contributed by atoms with Gasteiger partial charge in [-0.2, -0.15) is 0 Å². The van der Waals surface area contributed by atoms with E-state index in [4.69, 9.17) is 9.47 Å². The van der Waals surface area contributed by atoms with Gasteiger partial charge in [0, 0.05) is 23.7 Å². The number of fused-ring (bicyclic) bond motifs is 2. The van der Waals surface area contributed by atoms with Gasteiger partial charge >= 0.3 is 0 Å². The molecule has 0 radical (unpaired) electrons. The Morgan fingerprint density at radius 1 is 1.25 bits per heavy atom. The molecule has 2 unspecified atom stereocenters. The van der Waals surface area contributed by atoms with Crippen LogP contribution in [0.25, 0.3) is 0 Å². The maximum Gasteiger partial charge on any atom is 0.172 e. The Balaban J connectivity index is 2.07. The summed E-state index contributed by atoms with van der Waals surface area (Å²) >= 11 is 0. The Hall–Kier alpha value is -0.670. The summed E-state index contributed by atoms with van der Waals surface area (Å²) in [5.41, 5.74) is -0.206. The lowest BCUT2D eigenvalue weighted by atomic mass is 9.64. The molecule has 1 aliphatic heterocycles. The second kappa shape index (κ2) is 5.95. The van der Waals surface area contributed by atoms with Gasteiger partial charge in [-0.15, -0.1) is 6.58 Å². The molecule has 5 atom stereocenters. The van der Waals surface area contributed by atoms with Crippen LogP contribution in [0.3, 0.4) is 0 Å². The van der Waals surface area contributed by atoms with Crippen LogP contribution in [0.15, 0.2) is 12.7 Å². The van der Waals surface area contributed by atoms with Crippen LogP contribution in [0.2, 0.25) is 0 Å². The molecule has 3 rings (SSSR count). The minimum absolute atomic E-state index is 0.0377. The molecule has 0 aromatic carbocycles. The number of hydrogen-bond acceptors (Lipinski definition) is 3. The van der Waals surface area contributed by atoms with E-state index in [9.17, 15) is 4.79 Å². The molecule has 0 aromatic heterocycles. The van der Waals surface area contributed by atoms with Gasteiger partial charge in [-0.1, -0.05) is 40.7 Å². The smallest absolute Gasteiger partial charge is 0.172 e. The highest BCUT2D eigenvalue weighted by molar-refractivity contribution is 5.87. The summed E-state index contributed by atoms with van der Waals surface area (Å²) in [6.45, 7) is 16.5. The highest BCUT2D eigenvalue weighted by Gasteiger charge is 2.67. The molecule has 24 heavy (non-hydrogen) atoms. The van der Waals surface area contributed by atoms with Crippen LogP contribution in [0.4, 0.5) is 0 Å². The van der Waals surface area contributed by atoms with Crippen molar-refractivity contribution in [2.75, 3.05) is 13.2 Å². The fraction of sp³-hybridized carbons (Fsp3) is 0.857. The summed E-state index contributed by atoms with van der Waals surface area (Å²) in [4.78, 5) is 13.4. The molecule has 1 heterocycles. The molecule has 3 heteroatoms. The number of ether oxygens (including phenoxy) is 2. The SMILES string of the molecule is C=CCC1(C)CC[C@]2(C)[C@@H](C(C)C)CC3(OCCO3)[C@H]2C(C)C1=O. The molecular weight excluding hydrogens is 300 g/mol. The average molecular weight is 335 g/mol. The van der Waals surface area contributed by atoms with Gasteiger partial charge in [0.15, 0.2) is 5.79 Å². The zero-order valence-corrected chi connectivity index (χ0v) is 16.1. The summed E-state index contributed by atoms with van der Waals surface area (Å²) in [6, 6.07) is 0. The van der Waals surface area contributed by atoms with Crippen molar-refractivity contribution >= 4 is 5.78 Å². The van der Waals surface area contributed by atoms with E-state index in [0.717, 1.165) is 25.7 Å². The third-order valence-corrected chi connectivity index (χ3v) is 7.44. The summed E-state index contributed by atoms with van der Waals surface area (Å²) < 4.78 is 12.4. The fourth-order valence-electron chi connectivity index (χ4n) is 6.35. The third-order valence-electron chi connectivity index (χ3n) is 7.44. The minimum Gasteiger partial charge on any atom is -0.347 e. The van der Waals surface area contributed by atoms with Crippen molar-refractivity contribution in [3.8, 4) is 0 Å². The van der Waals surface area contributed by atoms with Crippen molar-refractivity contribution in [2.24, 2.45) is 34.5 Å². The monoisotopic (exact) mass is 334 g/mol. The molecule has 136 valence electrons. The Kier molecular flexibility index (Phi) is 4.49. The van der Waals surface area contributed by atoms with Crippen LogP contribution < -0.4 is 0 Å². The Morgan fingerprint density at radius 3 is 2.42 bits per heavy atom. The van der Waals surface area contributed by atoms with Crippen molar-refractivity contribution < 1.29 is 14.3 Å². The van der Waals surface area contributed by atoms with Gasteiger partial charge in [0.1, 0.15) is 5.78 Å². The first kappa shape index (κ1) is 18.1. The number of allylic oxidation sites excluding steroid dienone is 1. The van der Waals surface area contributed by atoms with E-state index in [2.05, 4.69) is 41.2 Å². The highest BCUT2D eigenvalue weighted by atomic mass is 16.7. The van der Waals surface area contributed by atoms with Crippen molar-refractivity contribution in [3.05, 3.63) is 12.7 Å². The number of rotatable bonds is 3. The number of hydrogen-bond donors (Lipinski definition) is 0. The van der Waals surface area contributed by atoms with Crippen molar-refractivity contribution in [1.82, 2.24) is 0 Å². The first-order valence-electron chi connectivity index (χ1n) is 9.63. The van der Waals surface area contributed by atoms with Gasteiger partial charge in [0.2, 0.25) is 0 Å². The maximum atomic E-state index is 13.4. The third kappa shape index (κ3) is 2.42. The van der Waals surface area contributed by atoms with Crippen LogP contribution >= 0.6 is 0 Å². The van der Waals surface area contributed by atoms with E-state index in [0.29, 0.717) is 30.8 Å². The lowest BCUT2D eigenvalue weighted by Gasteiger charge is -2.42. The predicted octanol–water partition coefficient (Wildman–Crippen LogP) is 4.61. The summed E-state index contributed by atoms with van der Waals surface area (Å²) in [5, 5.41) is 0. The second-order valence-corrected chi connectivity index (χ2v) is 9.25. The van der Waals surface area contributed by atoms with Gasteiger partial charge in [-0.05, 0) is 36.5 Å². The molecule has 0 N–H and O–H groups in total. The van der Waals surface area contributed by atoms with E-state index < -0.39 is 5.79 Å². The number of carbonyl (C=O) groups excluding carboxylic acids is 1. The van der Waals surface area contributed by atoms with Crippen LogP contribution in [-0.4, -0.2) is 24.8 Å². The molecule has 2 aliphatic carbocycles. The Labute approximate surface area is 147 Å². The Morgan fingerprint density at radius 2 is 1.88 bits per heavy atom. The fourth-order valence-corrected chi connectivity index (χ4v) is 6.35. The first-order chi connectivity index (χ1) is 11.2. The second-order valence-electron chi connectivity index (χ2n) is 9.25. The van der Waals surface area contributed by atoms with E-state index in [1.165, 1.54) is 0 Å². The molecule has 0 aromatic rings. The lowest BCUT2D eigenvalue weighted by Crippen LogP contribution is -2.46. The van der Waals surface area contributed by atoms with E-state index in [-0.39, 0.29) is 22.7 Å². The van der Waals surface area contributed by atoms with Crippen molar-refractivity contribution in [1.29, 1.82) is 0 Å². The number of carbonyl (C=O) groups is 1. The normalized spacial score (nSPS) is 44.8. The molecule has 2 saturated carbocycles. The van der Waals surface area contributed by atoms with Gasteiger partial charge < -0.3 is 9.47 Å². The number of Topliss-reactive ketones (excluding diaryl/α,β-unsaturated/α-hetero) is 1. The molecule has 1 spiro atoms. The molecule has 1 saturated heterocycles. The van der Waals surface area contributed by atoms with Crippen molar-refractivity contribution in [3.63, 3.8) is 0 Å². The number of ketones is 1. The van der Waals surface area contributed by atoms with Crippen LogP contribution in [0.5, 0.6) is 0 Å². The molecule has 3 nitrogen and oxygen atoms in total. The van der Waals surface area contributed by atoms with E-state index >= 15 is 0 Å². The minimum atomic E-state index is -0.543. The molecule has 3 aliphatic rings.